The van der Waals surface area contributed by atoms with Crippen LogP contribution in [0.25, 0.3) is 5.57 Å². The van der Waals surface area contributed by atoms with Crippen molar-refractivity contribution in [2.24, 2.45) is 11.8 Å². The van der Waals surface area contributed by atoms with E-state index in [1.54, 1.807) is 0 Å². The van der Waals surface area contributed by atoms with Crippen molar-refractivity contribution in [2.75, 3.05) is 31.1 Å². The molecule has 214 valence electrons. The number of nitrogens with zero attached hydrogens (tertiary/aromatic N) is 2. The number of piperidine rings is 1. The summed E-state index contributed by atoms with van der Waals surface area (Å²) < 4.78 is 0. The first-order valence-electron chi connectivity index (χ1n) is 14.9. The quantitative estimate of drug-likeness (QED) is 0.361. The summed E-state index contributed by atoms with van der Waals surface area (Å²) >= 11 is 0. The lowest BCUT2D eigenvalue weighted by Gasteiger charge is -2.36. The average molecular weight is 523 g/mol. The van der Waals surface area contributed by atoms with Gasteiger partial charge in [-0.05, 0) is 81.2 Å². The summed E-state index contributed by atoms with van der Waals surface area (Å²) in [5.74, 6) is 1.31. The van der Waals surface area contributed by atoms with Crippen LogP contribution in [0.3, 0.4) is 0 Å². The zero-order valence-electron chi connectivity index (χ0n) is 26.4. The summed E-state index contributed by atoms with van der Waals surface area (Å²) in [4.78, 5) is 17.4. The second-order valence-electron chi connectivity index (χ2n) is 10.8. The van der Waals surface area contributed by atoms with Gasteiger partial charge in [-0.2, -0.15) is 0 Å². The fourth-order valence-corrected chi connectivity index (χ4v) is 4.17. The van der Waals surface area contributed by atoms with E-state index in [4.69, 9.17) is 0 Å². The number of rotatable bonds is 7. The van der Waals surface area contributed by atoms with Gasteiger partial charge >= 0.3 is 0 Å². The Kier molecular flexibility index (Phi) is 19.0. The number of amides is 1. The highest BCUT2D eigenvalue weighted by atomic mass is 16.2. The number of allylic oxidation sites excluding steroid dienone is 1. The molecule has 0 spiro atoms. The summed E-state index contributed by atoms with van der Waals surface area (Å²) in [7, 11) is 0. The Morgan fingerprint density at radius 3 is 1.95 bits per heavy atom. The predicted octanol–water partition coefficient (Wildman–Crippen LogP) is 9.58. The molecular weight excluding hydrogens is 464 g/mol. The van der Waals surface area contributed by atoms with Crippen molar-refractivity contribution >= 4 is 17.2 Å². The number of hydrogen-bond donors (Lipinski definition) is 0. The van der Waals surface area contributed by atoms with Crippen LogP contribution in [0.2, 0.25) is 0 Å². The van der Waals surface area contributed by atoms with Crippen molar-refractivity contribution in [3.63, 3.8) is 0 Å². The monoisotopic (exact) mass is 522 g/mol. The molecule has 3 nitrogen and oxygen atoms in total. The summed E-state index contributed by atoms with van der Waals surface area (Å²) in [5, 5.41) is 0. The maximum atomic E-state index is 12.9. The largest absolute Gasteiger partial charge is 0.371 e. The van der Waals surface area contributed by atoms with Crippen LogP contribution in [0.4, 0.5) is 5.69 Å². The molecule has 3 rings (SSSR count). The lowest BCUT2D eigenvalue weighted by molar-refractivity contribution is -0.135. The van der Waals surface area contributed by atoms with E-state index in [2.05, 4.69) is 113 Å². The molecule has 0 unspecified atom stereocenters. The molecular formula is C35H58N2O. The molecule has 1 saturated heterocycles. The van der Waals surface area contributed by atoms with Gasteiger partial charge in [0.2, 0.25) is 5.91 Å². The summed E-state index contributed by atoms with van der Waals surface area (Å²) in [6.45, 7) is 28.7. The van der Waals surface area contributed by atoms with Gasteiger partial charge in [0.1, 0.15) is 0 Å². The van der Waals surface area contributed by atoms with Gasteiger partial charge in [-0.15, -0.1) is 0 Å². The van der Waals surface area contributed by atoms with Gasteiger partial charge < -0.3 is 9.80 Å². The number of anilines is 1. The first-order valence-corrected chi connectivity index (χ1v) is 14.9. The number of hydrogen-bond acceptors (Lipinski definition) is 2. The molecule has 1 heterocycles. The van der Waals surface area contributed by atoms with Crippen molar-refractivity contribution in [3.05, 3.63) is 71.8 Å². The molecule has 0 N–H and O–H groups in total. The highest BCUT2D eigenvalue weighted by Gasteiger charge is 2.29. The van der Waals surface area contributed by atoms with E-state index < -0.39 is 0 Å². The molecule has 0 aliphatic carbocycles. The van der Waals surface area contributed by atoms with Crippen LogP contribution in [-0.4, -0.2) is 37.0 Å². The van der Waals surface area contributed by atoms with Gasteiger partial charge in [0.15, 0.2) is 0 Å². The van der Waals surface area contributed by atoms with E-state index in [0.29, 0.717) is 5.91 Å². The van der Waals surface area contributed by atoms with Crippen molar-refractivity contribution in [3.8, 4) is 0 Å². The Balaban J connectivity index is 0.000000802. The summed E-state index contributed by atoms with van der Waals surface area (Å²) in [5.41, 5.74) is 6.21. The first kappa shape index (κ1) is 35.5. The molecule has 2 aromatic rings. The fourth-order valence-electron chi connectivity index (χ4n) is 4.17. The smallest absolute Gasteiger partial charge is 0.227 e. The maximum Gasteiger partial charge on any atom is 0.227 e. The summed E-state index contributed by atoms with van der Waals surface area (Å²) in [6, 6.07) is 16.9. The highest BCUT2D eigenvalue weighted by molar-refractivity contribution is 5.80. The molecule has 38 heavy (non-hydrogen) atoms. The van der Waals surface area contributed by atoms with Crippen LogP contribution in [-0.2, 0) is 4.79 Å². The molecule has 1 amide bonds. The van der Waals surface area contributed by atoms with Crippen LogP contribution in [0, 0.1) is 25.7 Å². The van der Waals surface area contributed by atoms with Gasteiger partial charge in [-0.1, -0.05) is 97.0 Å². The number of benzene rings is 2. The molecule has 0 bridgehead atoms. The Labute approximate surface area is 236 Å². The molecule has 0 saturated carbocycles. The van der Waals surface area contributed by atoms with Crippen molar-refractivity contribution in [2.45, 2.75) is 94.9 Å². The van der Waals surface area contributed by atoms with Crippen LogP contribution >= 0.6 is 0 Å². The molecule has 1 aliphatic heterocycles. The van der Waals surface area contributed by atoms with Crippen LogP contribution in [0.15, 0.2) is 55.1 Å². The van der Waals surface area contributed by atoms with E-state index >= 15 is 0 Å². The standard InChI is InChI=1S/C21H32N2O.C8H10.C4H10.C2H6/c1-5-12-22(13-6-2)21(24)19-10-8-14-23(16-19)20-11-7-9-18(15-20)17(3)4;1-7-5-3-4-6-8(7)2;1-4(2)3;1-2/h7,9,11,15,19H,3,5-6,8,10,12-14,16H2,1-2,4H3;3-6H,1-2H3;4H,1-3H3;1-2H3/t19-;;;/m1.../s1. The van der Waals surface area contributed by atoms with Gasteiger partial charge in [0, 0.05) is 31.9 Å². The van der Waals surface area contributed by atoms with E-state index in [1.165, 1.54) is 22.4 Å². The van der Waals surface area contributed by atoms with Gasteiger partial charge in [0.05, 0.1) is 5.92 Å². The average Bonchev–Trinajstić information content (AvgIpc) is 2.91. The van der Waals surface area contributed by atoms with Crippen LogP contribution in [0.5, 0.6) is 0 Å². The second-order valence-corrected chi connectivity index (χ2v) is 10.8. The van der Waals surface area contributed by atoms with Crippen LogP contribution in [0.1, 0.15) is 97.8 Å². The topological polar surface area (TPSA) is 23.6 Å². The molecule has 2 aromatic carbocycles. The van der Waals surface area contributed by atoms with Crippen molar-refractivity contribution < 1.29 is 4.79 Å². The third-order valence-corrected chi connectivity index (χ3v) is 6.20. The minimum Gasteiger partial charge on any atom is -0.371 e. The minimum atomic E-state index is 0.130. The number of carbonyl (C=O) groups excluding carboxylic acids is 1. The molecule has 0 aromatic heterocycles. The third kappa shape index (κ3) is 13.8. The lowest BCUT2D eigenvalue weighted by Crippen LogP contribution is -2.45. The predicted molar refractivity (Wildman–Crippen MR) is 171 cm³/mol. The van der Waals surface area contributed by atoms with E-state index in [9.17, 15) is 4.79 Å². The third-order valence-electron chi connectivity index (χ3n) is 6.20. The van der Waals surface area contributed by atoms with Gasteiger partial charge in [-0.3, -0.25) is 4.79 Å². The zero-order valence-corrected chi connectivity index (χ0v) is 26.4. The van der Waals surface area contributed by atoms with E-state index in [0.717, 1.165) is 63.4 Å². The van der Waals surface area contributed by atoms with E-state index in [-0.39, 0.29) is 5.92 Å². The highest BCUT2D eigenvalue weighted by Crippen LogP contribution is 2.27. The molecule has 1 atom stereocenters. The number of aryl methyl sites for hydroxylation is 2. The first-order chi connectivity index (χ1) is 18.1. The Morgan fingerprint density at radius 2 is 1.50 bits per heavy atom. The van der Waals surface area contributed by atoms with Gasteiger partial charge in [-0.25, -0.2) is 0 Å². The minimum absolute atomic E-state index is 0.130. The lowest BCUT2D eigenvalue weighted by atomic mass is 9.95. The normalized spacial score (nSPS) is 14.2. The fraction of sp³-hybridized carbons (Fsp3) is 0.571. The Morgan fingerprint density at radius 1 is 0.974 bits per heavy atom. The molecule has 0 radical (unpaired) electrons. The Bertz CT molecular complexity index is 888. The maximum absolute atomic E-state index is 12.9. The van der Waals surface area contributed by atoms with Gasteiger partial charge in [0.25, 0.3) is 0 Å². The molecule has 1 aliphatic rings. The zero-order chi connectivity index (χ0) is 29.1. The van der Waals surface area contributed by atoms with Crippen molar-refractivity contribution in [1.29, 1.82) is 0 Å². The molecule has 3 heteroatoms. The Hall–Kier alpha value is -2.55. The summed E-state index contributed by atoms with van der Waals surface area (Å²) in [6.07, 6.45) is 4.16. The SMILES string of the molecule is C=C(C)c1cccc(N2CCC[C@@H](C(=O)N(CCC)CCC)C2)c1.CC.CC(C)C.Cc1ccccc1C. The van der Waals surface area contributed by atoms with E-state index in [1.807, 2.05) is 20.8 Å². The second kappa shape index (κ2) is 20.4. The van der Waals surface area contributed by atoms with Crippen LogP contribution < -0.4 is 4.90 Å². The van der Waals surface area contributed by atoms with Crippen molar-refractivity contribution in [1.82, 2.24) is 4.90 Å². The molecule has 1 fully saturated rings. The number of carbonyl (C=O) groups is 1.